The van der Waals surface area contributed by atoms with Gasteiger partial charge in [-0.05, 0) is 42.8 Å². The van der Waals surface area contributed by atoms with Gasteiger partial charge in [-0.25, -0.2) is 13.1 Å². The van der Waals surface area contributed by atoms with Gasteiger partial charge in [0.25, 0.3) is 0 Å². The molecule has 0 saturated carbocycles. The van der Waals surface area contributed by atoms with Crippen LogP contribution in [0.4, 0.5) is 0 Å². The number of nitriles is 1. The van der Waals surface area contributed by atoms with Crippen LogP contribution in [0.2, 0.25) is 0 Å². The maximum atomic E-state index is 12.2. The molecule has 2 rings (SSSR count). The van der Waals surface area contributed by atoms with Crippen molar-refractivity contribution in [2.45, 2.75) is 18.4 Å². The van der Waals surface area contributed by atoms with E-state index in [9.17, 15) is 8.42 Å². The van der Waals surface area contributed by atoms with Gasteiger partial charge in [0, 0.05) is 6.20 Å². The second-order valence-corrected chi connectivity index (χ2v) is 5.87. The molecule has 0 radical (unpaired) electrons. The van der Waals surface area contributed by atoms with Gasteiger partial charge in [0.1, 0.15) is 0 Å². The molecule has 0 aliphatic heterocycles. The third-order valence-corrected chi connectivity index (χ3v) is 4.23. The zero-order valence-corrected chi connectivity index (χ0v) is 11.6. The Morgan fingerprint density at radius 1 is 1.35 bits per heavy atom. The summed E-state index contributed by atoms with van der Waals surface area (Å²) in [5, 5.41) is 16.3. The van der Waals surface area contributed by atoms with Crippen molar-refractivity contribution in [3.63, 3.8) is 0 Å². The molecule has 1 aromatic carbocycles. The lowest BCUT2D eigenvalue weighted by molar-refractivity contribution is 0.579. The predicted octanol–water partition coefficient (Wildman–Crippen LogP) is 1.14. The van der Waals surface area contributed by atoms with Crippen LogP contribution in [0.15, 0.2) is 41.4 Å². The van der Waals surface area contributed by atoms with Crippen LogP contribution in [0, 0.1) is 18.3 Å². The Bertz CT molecular complexity index is 752. The summed E-state index contributed by atoms with van der Waals surface area (Å²) in [6.07, 6.45) is 1.52. The van der Waals surface area contributed by atoms with Gasteiger partial charge >= 0.3 is 0 Å². The minimum absolute atomic E-state index is 0.0651. The molecular weight excluding hydrogens is 276 g/mol. The molecule has 7 heteroatoms. The van der Waals surface area contributed by atoms with Crippen molar-refractivity contribution in [2.24, 2.45) is 0 Å². The lowest BCUT2D eigenvalue weighted by Gasteiger charge is -2.08. The maximum absolute atomic E-state index is 12.2. The van der Waals surface area contributed by atoms with Gasteiger partial charge in [-0.3, -0.25) is 0 Å². The Morgan fingerprint density at radius 3 is 2.75 bits per heavy atom. The summed E-state index contributed by atoms with van der Waals surface area (Å²) < 4.78 is 26.8. The monoisotopic (exact) mass is 288 g/mol. The SMILES string of the molecule is Cc1cc(C#N)ccc1S(=O)(=O)NCc1cccnn1. The third-order valence-electron chi connectivity index (χ3n) is 2.66. The average Bonchev–Trinajstić information content (AvgIpc) is 2.46. The maximum Gasteiger partial charge on any atom is 0.241 e. The minimum atomic E-state index is -3.64. The highest BCUT2D eigenvalue weighted by atomic mass is 32.2. The number of sulfonamides is 1. The number of hydrogen-bond donors (Lipinski definition) is 1. The molecule has 0 unspecified atom stereocenters. The van der Waals surface area contributed by atoms with E-state index in [-0.39, 0.29) is 11.4 Å². The topological polar surface area (TPSA) is 95.7 Å². The second-order valence-electron chi connectivity index (χ2n) is 4.13. The van der Waals surface area contributed by atoms with Crippen LogP contribution >= 0.6 is 0 Å². The van der Waals surface area contributed by atoms with Crippen LogP contribution in [0.3, 0.4) is 0 Å². The van der Waals surface area contributed by atoms with E-state index in [1.54, 1.807) is 19.1 Å². The van der Waals surface area contributed by atoms with E-state index in [0.29, 0.717) is 16.8 Å². The van der Waals surface area contributed by atoms with Crippen molar-refractivity contribution in [1.29, 1.82) is 5.26 Å². The van der Waals surface area contributed by atoms with Crippen LogP contribution in [-0.4, -0.2) is 18.6 Å². The fourth-order valence-electron chi connectivity index (χ4n) is 1.69. The Labute approximate surface area is 117 Å². The van der Waals surface area contributed by atoms with E-state index in [2.05, 4.69) is 14.9 Å². The molecular formula is C13H12N4O2S. The molecule has 0 fully saturated rings. The van der Waals surface area contributed by atoms with Crippen molar-refractivity contribution >= 4 is 10.0 Å². The first-order valence-electron chi connectivity index (χ1n) is 5.80. The lowest BCUT2D eigenvalue weighted by Crippen LogP contribution is -2.24. The highest BCUT2D eigenvalue weighted by Gasteiger charge is 2.16. The molecule has 6 nitrogen and oxygen atoms in total. The number of nitrogens with zero attached hydrogens (tertiary/aromatic N) is 3. The van der Waals surface area contributed by atoms with Crippen LogP contribution in [0.1, 0.15) is 16.8 Å². The van der Waals surface area contributed by atoms with Crippen LogP contribution in [0.5, 0.6) is 0 Å². The van der Waals surface area contributed by atoms with Gasteiger partial charge in [-0.15, -0.1) is 0 Å². The normalized spacial score (nSPS) is 11.0. The number of aromatic nitrogens is 2. The number of hydrogen-bond acceptors (Lipinski definition) is 5. The number of benzene rings is 1. The molecule has 0 amide bonds. The lowest BCUT2D eigenvalue weighted by atomic mass is 10.2. The van der Waals surface area contributed by atoms with E-state index in [0.717, 1.165) is 0 Å². The zero-order chi connectivity index (χ0) is 14.6. The van der Waals surface area contributed by atoms with E-state index >= 15 is 0 Å². The molecule has 0 atom stereocenters. The van der Waals surface area contributed by atoms with Crippen LogP contribution < -0.4 is 4.72 Å². The first kappa shape index (κ1) is 14.1. The quantitative estimate of drug-likeness (QED) is 0.910. The number of nitrogens with one attached hydrogen (secondary N) is 1. The molecule has 0 bridgehead atoms. The van der Waals surface area contributed by atoms with Crippen LogP contribution in [-0.2, 0) is 16.6 Å². The van der Waals surface area contributed by atoms with Gasteiger partial charge in [0.15, 0.2) is 0 Å². The third kappa shape index (κ3) is 3.17. The molecule has 1 aromatic heterocycles. The fraction of sp³-hybridized carbons (Fsp3) is 0.154. The van der Waals surface area contributed by atoms with Crippen molar-refractivity contribution in [2.75, 3.05) is 0 Å². The van der Waals surface area contributed by atoms with E-state index in [4.69, 9.17) is 5.26 Å². The Balaban J connectivity index is 2.21. The van der Waals surface area contributed by atoms with Gasteiger partial charge in [0.05, 0.1) is 28.8 Å². The zero-order valence-electron chi connectivity index (χ0n) is 10.7. The molecule has 1 N–H and O–H groups in total. The molecule has 1 heterocycles. The predicted molar refractivity (Wildman–Crippen MR) is 72.0 cm³/mol. The number of aryl methyl sites for hydroxylation is 1. The van der Waals surface area contributed by atoms with Crippen molar-refractivity contribution in [3.05, 3.63) is 53.3 Å². The summed E-state index contributed by atoms with van der Waals surface area (Å²) >= 11 is 0. The second kappa shape index (κ2) is 5.77. The van der Waals surface area contributed by atoms with E-state index < -0.39 is 10.0 Å². The summed E-state index contributed by atoms with van der Waals surface area (Å²) in [5.41, 5.74) is 1.48. The molecule has 0 aliphatic carbocycles. The standard InChI is InChI=1S/C13H12N4O2S/c1-10-7-11(8-14)4-5-13(10)20(18,19)16-9-12-3-2-6-15-17-12/h2-7,16H,9H2,1H3. The van der Waals surface area contributed by atoms with Gasteiger partial charge in [0.2, 0.25) is 10.0 Å². The summed E-state index contributed by atoms with van der Waals surface area (Å²) in [4.78, 5) is 0.153. The van der Waals surface area contributed by atoms with Gasteiger partial charge in [-0.1, -0.05) is 0 Å². The van der Waals surface area contributed by atoms with E-state index in [1.807, 2.05) is 6.07 Å². The summed E-state index contributed by atoms with van der Waals surface area (Å²) in [7, 11) is -3.64. The van der Waals surface area contributed by atoms with Crippen LogP contribution in [0.25, 0.3) is 0 Å². The molecule has 2 aromatic rings. The smallest absolute Gasteiger partial charge is 0.207 e. The van der Waals surface area contributed by atoms with Crippen molar-refractivity contribution in [1.82, 2.24) is 14.9 Å². The highest BCUT2D eigenvalue weighted by molar-refractivity contribution is 7.89. The fourth-order valence-corrected chi connectivity index (χ4v) is 2.92. The Hall–Kier alpha value is -2.30. The summed E-state index contributed by atoms with van der Waals surface area (Å²) in [6, 6.07) is 9.77. The summed E-state index contributed by atoms with van der Waals surface area (Å²) in [5.74, 6) is 0. The minimum Gasteiger partial charge on any atom is -0.207 e. The van der Waals surface area contributed by atoms with Gasteiger partial charge < -0.3 is 0 Å². The molecule has 0 aliphatic rings. The largest absolute Gasteiger partial charge is 0.241 e. The molecule has 0 saturated heterocycles. The average molecular weight is 288 g/mol. The Morgan fingerprint density at radius 2 is 2.15 bits per heavy atom. The van der Waals surface area contributed by atoms with Crippen molar-refractivity contribution < 1.29 is 8.42 Å². The molecule has 102 valence electrons. The molecule has 20 heavy (non-hydrogen) atoms. The summed E-state index contributed by atoms with van der Waals surface area (Å²) in [6.45, 7) is 1.72. The molecule has 0 spiro atoms. The van der Waals surface area contributed by atoms with Crippen molar-refractivity contribution in [3.8, 4) is 6.07 Å². The van der Waals surface area contributed by atoms with Gasteiger partial charge in [-0.2, -0.15) is 15.5 Å². The first-order chi connectivity index (χ1) is 9.53. The highest BCUT2D eigenvalue weighted by Crippen LogP contribution is 2.16. The Kier molecular flexibility index (Phi) is 4.08. The van der Waals surface area contributed by atoms with E-state index in [1.165, 1.54) is 24.4 Å². The first-order valence-corrected chi connectivity index (χ1v) is 7.28. The number of rotatable bonds is 4.